The van der Waals surface area contributed by atoms with Gasteiger partial charge in [-0.3, -0.25) is 38.6 Å². The topological polar surface area (TPSA) is 298 Å². The Morgan fingerprint density at radius 2 is 0.650 bits per heavy atom. The maximum atomic E-state index is 16.0. The number of ether oxygens (including phenoxy) is 8. The normalized spacial score (nSPS) is 18.6. The van der Waals surface area contributed by atoms with E-state index in [-0.39, 0.29) is 151 Å². The number of fused-ring (bicyclic) bond motifs is 2. The molecule has 6 heterocycles. The molecule has 0 radical (unpaired) electrons. The minimum atomic E-state index is -5.23. The number of halogens is 6. The van der Waals surface area contributed by atoms with Gasteiger partial charge in [0.1, 0.15) is 58.1 Å². The third-order valence-electron chi connectivity index (χ3n) is 17.7. The van der Waals surface area contributed by atoms with Gasteiger partial charge in [-0.05, 0) is 97.1 Å². The number of alkyl halides is 6. The molecule has 6 amide bonds. The number of hydrogen-bond acceptors (Lipinski definition) is 18. The molecule has 4 saturated heterocycles. The van der Waals surface area contributed by atoms with Gasteiger partial charge in [-0.25, -0.2) is 0 Å². The molecular formula is C72H46F6N8O14. The van der Waals surface area contributed by atoms with Crippen LogP contribution in [0.3, 0.4) is 0 Å². The zero-order valence-electron chi connectivity index (χ0n) is 51.6. The van der Waals surface area contributed by atoms with Crippen LogP contribution in [-0.2, 0) is 28.5 Å². The van der Waals surface area contributed by atoms with Crippen LogP contribution in [0.2, 0.25) is 0 Å². The quantitative estimate of drug-likeness (QED) is 0.0200. The van der Waals surface area contributed by atoms with Crippen molar-refractivity contribution in [2.24, 2.45) is 0 Å². The van der Waals surface area contributed by atoms with Crippen LogP contribution < -0.4 is 18.9 Å². The second-order valence-corrected chi connectivity index (χ2v) is 24.6. The number of carbonyl (C=O) groups excluding carboxylic acids is 6. The van der Waals surface area contributed by atoms with E-state index in [0.717, 1.165) is 34.1 Å². The fourth-order valence-electron chi connectivity index (χ4n) is 13.1. The monoisotopic (exact) mass is 1360 g/mol. The molecule has 0 aromatic heterocycles. The molecule has 6 atom stereocenters. The van der Waals surface area contributed by atoms with Crippen molar-refractivity contribution >= 4 is 78.5 Å². The molecule has 9 aromatic rings. The number of benzene rings is 9. The van der Waals surface area contributed by atoms with Gasteiger partial charge in [0.25, 0.3) is 23.6 Å². The summed E-state index contributed by atoms with van der Waals surface area (Å²) in [4.78, 5) is 96.8. The van der Waals surface area contributed by atoms with Crippen LogP contribution >= 0.6 is 0 Å². The molecule has 6 aliphatic rings. The molecule has 4 fully saturated rings. The number of imide groups is 2. The Hall–Kier alpha value is -11.9. The number of amides is 6. The lowest BCUT2D eigenvalue weighted by Gasteiger charge is -2.37. The first-order chi connectivity index (χ1) is 48.0. The van der Waals surface area contributed by atoms with Crippen molar-refractivity contribution in [1.29, 1.82) is 21.0 Å². The van der Waals surface area contributed by atoms with E-state index in [1.165, 1.54) is 97.1 Å². The van der Waals surface area contributed by atoms with Crippen molar-refractivity contribution in [2.75, 3.05) is 52.6 Å². The first kappa shape index (κ1) is 64.1. The van der Waals surface area contributed by atoms with Gasteiger partial charge in [0, 0.05) is 69.3 Å². The van der Waals surface area contributed by atoms with Gasteiger partial charge in [-0.1, -0.05) is 24.3 Å². The van der Waals surface area contributed by atoms with Gasteiger partial charge >= 0.3 is 12.4 Å². The average Bonchev–Trinajstić information content (AvgIpc) is 1.24. The van der Waals surface area contributed by atoms with E-state index in [0.29, 0.717) is 0 Å². The van der Waals surface area contributed by atoms with Crippen LogP contribution in [0.4, 0.5) is 26.3 Å². The fourth-order valence-corrected chi connectivity index (χ4v) is 13.1. The second-order valence-electron chi connectivity index (χ2n) is 24.6. The molecule has 0 N–H and O–H groups in total. The molecule has 100 heavy (non-hydrogen) atoms. The Balaban J connectivity index is 1.09. The van der Waals surface area contributed by atoms with Crippen molar-refractivity contribution in [1.82, 2.24) is 19.6 Å². The van der Waals surface area contributed by atoms with E-state index in [1.807, 2.05) is 24.3 Å². The van der Waals surface area contributed by atoms with Gasteiger partial charge in [0.2, 0.25) is 11.8 Å². The molecule has 0 bridgehead atoms. The van der Waals surface area contributed by atoms with Crippen molar-refractivity contribution in [2.45, 2.75) is 61.7 Å². The van der Waals surface area contributed by atoms with Crippen LogP contribution in [0.5, 0.6) is 46.0 Å². The maximum Gasteiger partial charge on any atom is 0.391 e. The molecule has 0 aliphatic carbocycles. The van der Waals surface area contributed by atoms with Crippen LogP contribution in [0.15, 0.2) is 121 Å². The fraction of sp³-hybridized carbons (Fsp3) is 0.250. The largest absolute Gasteiger partial charge is 0.457 e. The highest BCUT2D eigenvalue weighted by Gasteiger charge is 2.52. The molecule has 15 rings (SSSR count). The van der Waals surface area contributed by atoms with Gasteiger partial charge < -0.3 is 47.7 Å². The summed E-state index contributed by atoms with van der Waals surface area (Å²) in [5, 5.41) is 38.9. The van der Waals surface area contributed by atoms with Crippen LogP contribution in [0.1, 0.15) is 76.5 Å². The highest BCUT2D eigenvalue weighted by molar-refractivity contribution is 6.45. The lowest BCUT2D eigenvalue weighted by molar-refractivity contribution is -0.159. The van der Waals surface area contributed by atoms with Crippen LogP contribution in [0.25, 0.3) is 43.1 Å². The molecule has 0 saturated carbocycles. The predicted octanol–water partition coefficient (Wildman–Crippen LogP) is 11.5. The molecule has 500 valence electrons. The molecule has 0 spiro atoms. The molecule has 6 aliphatic heterocycles. The lowest BCUT2D eigenvalue weighted by atomic mass is 9.80. The summed E-state index contributed by atoms with van der Waals surface area (Å²) in [6, 6.07) is 29.3. The summed E-state index contributed by atoms with van der Waals surface area (Å²) in [5.41, 5.74) is -2.19. The first-order valence-corrected chi connectivity index (χ1v) is 31.1. The molecular weight excluding hydrogens is 1310 g/mol. The molecule has 9 aromatic carbocycles. The van der Waals surface area contributed by atoms with Crippen LogP contribution in [-0.4, -0.2) is 157 Å². The Morgan fingerprint density at radius 3 is 0.860 bits per heavy atom. The first-order valence-electron chi connectivity index (χ1n) is 31.1. The Labute approximate surface area is 560 Å². The Kier molecular flexibility index (Phi) is 15.7. The van der Waals surface area contributed by atoms with Crippen molar-refractivity contribution < 1.29 is 93.0 Å². The standard InChI is InChI=1S/C72H46F6N8O14/c73-71(74,75)21-51(69(91)83(27-43-31-93-43)28-44-32-94-44)85-65(87)47-17-53(97-39-9-1-5-35(13-39)23-79)59-60-54(98-40-10-2-6-36(14-40)24-80)18-49-58-50(68(90)86(67(49)89)52(22-72(76,77)78)70(92)84(29-45-33-95-45)30-46-34-96-46)20-56(100-42-12-4-8-38(16-42)26-82)62(64(58)60)61-55(19-48(66(85)88)57(47)63(59)61)99-41-11-3-7-37(15-41)25-81/h1-20,43-46,51-52H,21-22,27-34H2. The predicted molar refractivity (Wildman–Crippen MR) is 335 cm³/mol. The van der Waals surface area contributed by atoms with E-state index in [1.54, 1.807) is 0 Å². The van der Waals surface area contributed by atoms with Gasteiger partial charge in [0.05, 0.1) is 132 Å². The number of hydrogen-bond donors (Lipinski definition) is 0. The second kappa shape index (κ2) is 24.6. The third-order valence-corrected chi connectivity index (χ3v) is 17.7. The third kappa shape index (κ3) is 12.2. The van der Waals surface area contributed by atoms with Gasteiger partial charge in [0.15, 0.2) is 0 Å². The summed E-state index contributed by atoms with van der Waals surface area (Å²) in [6.45, 7) is -0.340. The molecule has 28 heteroatoms. The number of rotatable bonds is 22. The average molecular weight is 1360 g/mol. The number of epoxide rings is 4. The van der Waals surface area contributed by atoms with E-state index >= 15 is 55.1 Å². The van der Waals surface area contributed by atoms with E-state index in [4.69, 9.17) is 37.9 Å². The highest BCUT2D eigenvalue weighted by atomic mass is 19.4. The summed E-state index contributed by atoms with van der Waals surface area (Å²) >= 11 is 0. The summed E-state index contributed by atoms with van der Waals surface area (Å²) < 4.78 is 141. The molecule has 22 nitrogen and oxygen atoms in total. The van der Waals surface area contributed by atoms with E-state index in [9.17, 15) is 21.0 Å². The Bertz CT molecular complexity index is 4620. The maximum absolute atomic E-state index is 16.0. The smallest absolute Gasteiger partial charge is 0.391 e. The summed E-state index contributed by atoms with van der Waals surface area (Å²) in [7, 11) is 0. The van der Waals surface area contributed by atoms with Crippen molar-refractivity contribution in [3.05, 3.63) is 166 Å². The number of carbonyl (C=O) groups is 6. The zero-order chi connectivity index (χ0) is 69.8. The summed E-state index contributed by atoms with van der Waals surface area (Å²) in [5.74, 6) is -10.7. The van der Waals surface area contributed by atoms with Gasteiger partial charge in [-0.15, -0.1) is 0 Å². The zero-order valence-corrected chi connectivity index (χ0v) is 51.6. The number of nitrogens with zero attached hydrogens (tertiary/aromatic N) is 8. The molecule has 6 unspecified atom stereocenters. The highest BCUT2D eigenvalue weighted by Crippen LogP contribution is 2.58. The minimum absolute atomic E-state index is 0.0203. The van der Waals surface area contributed by atoms with Crippen molar-refractivity contribution in [3.8, 4) is 70.3 Å². The van der Waals surface area contributed by atoms with E-state index in [2.05, 4.69) is 0 Å². The SMILES string of the molecule is N#Cc1cccc(Oc2cc3c4c(cc(Oc5cccc(C#N)c5)c5c6c(Oc7cccc(C#N)c7)cc7c8c(cc(Oc9cccc(C#N)c9)c(c2c45)c86)C(=O)N(C(CC(F)(F)F)C(=O)N(CC2CO2)CC2CO2)C7=O)C(=O)N(C(CC(F)(F)F)C(=O)N(CC2CO2)CC2CO2)C3=O)c1. The van der Waals surface area contributed by atoms with Gasteiger partial charge in [-0.2, -0.15) is 47.4 Å². The minimum Gasteiger partial charge on any atom is -0.457 e. The van der Waals surface area contributed by atoms with E-state index < -0.39 is 142 Å². The van der Waals surface area contributed by atoms with Crippen LogP contribution in [0, 0.1) is 45.3 Å². The Morgan fingerprint density at radius 1 is 0.410 bits per heavy atom. The number of nitriles is 4. The lowest BCUT2D eigenvalue weighted by Crippen LogP contribution is -2.57. The van der Waals surface area contributed by atoms with Crippen molar-refractivity contribution in [3.63, 3.8) is 0 Å². The summed E-state index contributed by atoms with van der Waals surface area (Å²) in [6.07, 6.45) is -17.0.